The number of alkyl carbamates (subject to hydrolysis) is 1. The minimum Gasteiger partial charge on any atom is -0.444 e. The van der Waals surface area contributed by atoms with Crippen molar-refractivity contribution in [2.75, 3.05) is 0 Å². The monoisotopic (exact) mass is 548 g/mol. The van der Waals surface area contributed by atoms with Crippen LogP contribution in [0.15, 0.2) is 84.1 Å². The van der Waals surface area contributed by atoms with E-state index in [0.29, 0.717) is 32.1 Å². The number of ether oxygens (including phenoxy) is 1. The molecule has 0 unspecified atom stereocenters. The fourth-order valence-electron chi connectivity index (χ4n) is 4.21. The second kappa shape index (κ2) is 15.0. The summed E-state index contributed by atoms with van der Waals surface area (Å²) in [5.74, 6) is 0.0240. The predicted octanol–water partition coefficient (Wildman–Crippen LogP) is 5.58. The highest BCUT2D eigenvalue weighted by Crippen LogP contribution is 2.15. The first kappa shape index (κ1) is 27.5. The molecular weight excluding hydrogens is 516 g/mol. The van der Waals surface area contributed by atoms with E-state index in [1.807, 2.05) is 42.6 Å². The van der Waals surface area contributed by atoms with Crippen LogP contribution in [-0.4, -0.2) is 34.1 Å². The van der Waals surface area contributed by atoms with Gasteiger partial charge in [-0.05, 0) is 43.2 Å². The van der Waals surface area contributed by atoms with E-state index in [4.69, 9.17) is 4.74 Å². The molecule has 7 nitrogen and oxygen atoms in total. The molecule has 2 atom stereocenters. The lowest BCUT2D eigenvalue weighted by atomic mass is 9.96. The smallest absolute Gasteiger partial charge is 0.407 e. The summed E-state index contributed by atoms with van der Waals surface area (Å²) in [6.07, 6.45) is 6.97. The van der Waals surface area contributed by atoms with Crippen molar-refractivity contribution in [3.8, 4) is 0 Å². The first-order chi connectivity index (χ1) is 18.6. The van der Waals surface area contributed by atoms with Crippen LogP contribution in [0.2, 0.25) is 0 Å². The van der Waals surface area contributed by atoms with Crippen LogP contribution in [0.4, 0.5) is 4.79 Å². The van der Waals surface area contributed by atoms with Crippen molar-refractivity contribution in [1.29, 1.82) is 0 Å². The molecule has 2 N–H and O–H groups in total. The van der Waals surface area contributed by atoms with Gasteiger partial charge >= 0.3 is 6.09 Å². The van der Waals surface area contributed by atoms with E-state index in [1.165, 1.54) is 11.3 Å². The lowest BCUT2D eigenvalue weighted by molar-refractivity contribution is -0.121. The number of hydrogen-bond donors (Lipinski definition) is 2. The Morgan fingerprint density at radius 1 is 0.763 bits per heavy atom. The summed E-state index contributed by atoms with van der Waals surface area (Å²) in [6, 6.07) is 20.1. The second-order valence-electron chi connectivity index (χ2n) is 9.07. The van der Waals surface area contributed by atoms with Gasteiger partial charge in [-0.1, -0.05) is 60.7 Å². The molecule has 0 radical (unpaired) electrons. The number of benzene rings is 2. The van der Waals surface area contributed by atoms with Crippen LogP contribution in [0.1, 0.15) is 40.1 Å². The van der Waals surface area contributed by atoms with E-state index in [-0.39, 0.29) is 24.6 Å². The molecule has 2 heterocycles. The third-order valence-electron chi connectivity index (χ3n) is 6.11. The van der Waals surface area contributed by atoms with Crippen molar-refractivity contribution in [3.05, 3.63) is 105 Å². The average molecular weight is 549 g/mol. The molecule has 4 aromatic rings. The molecule has 198 valence electrons. The highest BCUT2D eigenvalue weighted by molar-refractivity contribution is 7.09. The van der Waals surface area contributed by atoms with Gasteiger partial charge in [0.25, 0.3) is 0 Å². The molecule has 0 aliphatic rings. The molecule has 9 heteroatoms. The highest BCUT2D eigenvalue weighted by atomic mass is 32.1. The van der Waals surface area contributed by atoms with Crippen LogP contribution in [0.3, 0.4) is 0 Å². The van der Waals surface area contributed by atoms with E-state index in [9.17, 15) is 9.59 Å². The quantitative estimate of drug-likeness (QED) is 0.215. The normalized spacial score (nSPS) is 12.4. The molecule has 2 aromatic heterocycles. The van der Waals surface area contributed by atoms with Crippen molar-refractivity contribution < 1.29 is 14.3 Å². The maximum absolute atomic E-state index is 12.8. The van der Waals surface area contributed by atoms with Crippen LogP contribution in [0.25, 0.3) is 0 Å². The van der Waals surface area contributed by atoms with Gasteiger partial charge in [-0.3, -0.25) is 14.8 Å². The number of nitrogens with one attached hydrogen (secondary N) is 2. The third-order valence-corrected chi connectivity index (χ3v) is 7.70. The minimum absolute atomic E-state index is 0.0240. The van der Waals surface area contributed by atoms with Crippen LogP contribution in [-0.2, 0) is 35.4 Å². The number of hydrogen-bond acceptors (Lipinski definition) is 7. The number of rotatable bonds is 14. The molecule has 4 rings (SSSR count). The maximum atomic E-state index is 12.8. The zero-order valence-corrected chi connectivity index (χ0v) is 22.8. The van der Waals surface area contributed by atoms with Gasteiger partial charge in [-0.2, -0.15) is 0 Å². The van der Waals surface area contributed by atoms with Crippen LogP contribution in [0, 0.1) is 0 Å². The standard InChI is InChI=1S/C29H32N4O3S2/c34-28(14-13-26-17-30-20-37-26)32-24(15-22-7-3-1-4-8-22)11-12-25(16-23-9-5-2-6-10-23)33-29(35)36-19-27-18-31-21-38-27/h1-10,17-18,20-21,24-25H,11-16,19H2,(H,32,34)(H,33,35)/t24-,25-/m0/s1. The first-order valence-electron chi connectivity index (χ1n) is 12.7. The average Bonchev–Trinajstić information content (AvgIpc) is 3.65. The molecule has 0 saturated heterocycles. The summed E-state index contributed by atoms with van der Waals surface area (Å²) in [5.41, 5.74) is 5.80. The molecule has 0 spiro atoms. The number of thiazole rings is 2. The Morgan fingerprint density at radius 3 is 1.87 bits per heavy atom. The Hall–Kier alpha value is -3.56. The zero-order valence-electron chi connectivity index (χ0n) is 21.1. The number of carbonyl (C=O) groups excluding carboxylic acids is 2. The predicted molar refractivity (Wildman–Crippen MR) is 151 cm³/mol. The summed E-state index contributed by atoms with van der Waals surface area (Å²) in [7, 11) is 0. The zero-order chi connectivity index (χ0) is 26.4. The molecule has 38 heavy (non-hydrogen) atoms. The molecule has 2 amide bonds. The molecule has 2 aromatic carbocycles. The maximum Gasteiger partial charge on any atom is 0.407 e. The summed E-state index contributed by atoms with van der Waals surface area (Å²) >= 11 is 3.02. The third kappa shape index (κ3) is 9.72. The number of amides is 2. The number of nitrogens with zero attached hydrogens (tertiary/aromatic N) is 2. The van der Waals surface area contributed by atoms with Crippen LogP contribution >= 0.6 is 22.7 Å². The molecule has 0 aliphatic carbocycles. The molecule has 0 saturated carbocycles. The molecule has 0 fully saturated rings. The van der Waals surface area contributed by atoms with Crippen LogP contribution in [0.5, 0.6) is 0 Å². The summed E-state index contributed by atoms with van der Waals surface area (Å²) < 4.78 is 5.44. The fourth-order valence-corrected chi connectivity index (χ4v) is 5.32. The Kier molecular flexibility index (Phi) is 10.8. The topological polar surface area (TPSA) is 93.2 Å². The van der Waals surface area contributed by atoms with Gasteiger partial charge in [0.15, 0.2) is 0 Å². The first-order valence-corrected chi connectivity index (χ1v) is 14.4. The fraction of sp³-hybridized carbons (Fsp3) is 0.310. The molecule has 0 bridgehead atoms. The Labute approximate surface area is 231 Å². The summed E-state index contributed by atoms with van der Waals surface area (Å²) in [6.45, 7) is 0.195. The number of carbonyl (C=O) groups is 2. The van der Waals surface area contributed by atoms with Gasteiger partial charge in [0.1, 0.15) is 6.61 Å². The highest BCUT2D eigenvalue weighted by Gasteiger charge is 2.19. The second-order valence-corrected chi connectivity index (χ2v) is 11.0. The minimum atomic E-state index is -0.451. The van der Waals surface area contributed by atoms with E-state index >= 15 is 0 Å². The molecular formula is C29H32N4O3S2. The van der Waals surface area contributed by atoms with Crippen molar-refractivity contribution in [3.63, 3.8) is 0 Å². The van der Waals surface area contributed by atoms with Crippen molar-refractivity contribution in [1.82, 2.24) is 20.6 Å². The SMILES string of the molecule is O=C(CCc1cncs1)N[C@@H](CC[C@@H](Cc1ccccc1)NC(=O)OCc1cncs1)Cc1ccccc1. The number of aryl methyl sites for hydroxylation is 1. The summed E-state index contributed by atoms with van der Waals surface area (Å²) in [4.78, 5) is 35.6. The summed E-state index contributed by atoms with van der Waals surface area (Å²) in [5, 5.41) is 6.29. The van der Waals surface area contributed by atoms with E-state index < -0.39 is 6.09 Å². The lowest BCUT2D eigenvalue weighted by Crippen LogP contribution is -2.41. The van der Waals surface area contributed by atoms with Gasteiger partial charge in [0.05, 0.1) is 15.9 Å². The van der Waals surface area contributed by atoms with Crippen molar-refractivity contribution in [2.45, 2.75) is 57.2 Å². The lowest BCUT2D eigenvalue weighted by Gasteiger charge is -2.24. The Bertz CT molecular complexity index is 1120. The Balaban J connectivity index is 1.38. The van der Waals surface area contributed by atoms with Crippen LogP contribution < -0.4 is 10.6 Å². The van der Waals surface area contributed by atoms with E-state index in [2.05, 4.69) is 44.9 Å². The Morgan fingerprint density at radius 2 is 1.32 bits per heavy atom. The van der Waals surface area contributed by atoms with Crippen molar-refractivity contribution >= 4 is 34.7 Å². The number of aromatic nitrogens is 2. The van der Waals surface area contributed by atoms with Gasteiger partial charge in [0, 0.05) is 35.8 Å². The van der Waals surface area contributed by atoms with Crippen molar-refractivity contribution in [2.24, 2.45) is 0 Å². The van der Waals surface area contributed by atoms with Gasteiger partial charge in [0.2, 0.25) is 5.91 Å². The van der Waals surface area contributed by atoms with E-state index in [1.54, 1.807) is 28.6 Å². The van der Waals surface area contributed by atoms with Gasteiger partial charge in [-0.25, -0.2) is 4.79 Å². The largest absolute Gasteiger partial charge is 0.444 e. The van der Waals surface area contributed by atoms with Gasteiger partial charge < -0.3 is 15.4 Å². The van der Waals surface area contributed by atoms with Gasteiger partial charge in [-0.15, -0.1) is 22.7 Å². The molecule has 0 aliphatic heterocycles. The van der Waals surface area contributed by atoms with E-state index in [0.717, 1.165) is 27.3 Å².